The molecular formula is C21H24ClN2PPd+. The van der Waals surface area contributed by atoms with E-state index < -0.39 is 0 Å². The SMILES string of the molecule is CN1[C]N(CCP(c2ccccc2)c2ccccc2)C=C1.[CH2][CH][CH2].[Cl][Pd+]. The van der Waals surface area contributed by atoms with Gasteiger partial charge in [-0.2, -0.15) is 0 Å². The van der Waals surface area contributed by atoms with Gasteiger partial charge < -0.3 is 9.80 Å². The van der Waals surface area contributed by atoms with Crippen LogP contribution in [-0.4, -0.2) is 29.6 Å². The molecule has 0 spiro atoms. The van der Waals surface area contributed by atoms with Crippen LogP contribution in [0.2, 0.25) is 0 Å². The Morgan fingerprint density at radius 3 is 1.81 bits per heavy atom. The number of nitrogens with zero attached hydrogens (tertiary/aromatic N) is 2. The third-order valence-corrected chi connectivity index (χ3v) is 5.95. The van der Waals surface area contributed by atoms with E-state index in [1.54, 1.807) is 0 Å². The van der Waals surface area contributed by atoms with Gasteiger partial charge in [0.15, 0.2) is 0 Å². The number of benzene rings is 2. The van der Waals surface area contributed by atoms with Crippen molar-refractivity contribution < 1.29 is 18.2 Å². The molecule has 1 aliphatic heterocycles. The minimum atomic E-state index is -0.315. The maximum atomic E-state index is 4.49. The van der Waals surface area contributed by atoms with Crippen LogP contribution in [0.3, 0.4) is 0 Å². The summed E-state index contributed by atoms with van der Waals surface area (Å²) in [6, 6.07) is 21.7. The number of hydrogen-bond acceptors (Lipinski definition) is 2. The van der Waals surface area contributed by atoms with Crippen molar-refractivity contribution in [2.24, 2.45) is 0 Å². The van der Waals surface area contributed by atoms with Crippen molar-refractivity contribution in [2.45, 2.75) is 0 Å². The van der Waals surface area contributed by atoms with Gasteiger partial charge in [-0.1, -0.05) is 60.7 Å². The van der Waals surface area contributed by atoms with Crippen molar-refractivity contribution >= 4 is 28.1 Å². The van der Waals surface area contributed by atoms with E-state index in [1.807, 2.05) is 18.1 Å². The van der Waals surface area contributed by atoms with Crippen LogP contribution < -0.4 is 10.6 Å². The Kier molecular flexibility index (Phi) is 12.7. The van der Waals surface area contributed by atoms with Gasteiger partial charge in [0.1, 0.15) is 0 Å². The third kappa shape index (κ3) is 8.24. The third-order valence-electron chi connectivity index (χ3n) is 3.46. The maximum absolute atomic E-state index is 4.49. The fraction of sp³-hybridized carbons (Fsp3) is 0.143. The van der Waals surface area contributed by atoms with Crippen molar-refractivity contribution in [3.05, 3.63) is 100 Å². The monoisotopic (exact) mass is 476 g/mol. The summed E-state index contributed by atoms with van der Waals surface area (Å²) in [5, 5.41) is 2.88. The van der Waals surface area contributed by atoms with Gasteiger partial charge >= 0.3 is 27.7 Å². The van der Waals surface area contributed by atoms with Gasteiger partial charge in [-0.05, 0) is 45.0 Å². The van der Waals surface area contributed by atoms with Crippen LogP contribution >= 0.6 is 17.5 Å². The molecule has 139 valence electrons. The second kappa shape index (κ2) is 14.2. The second-order valence-corrected chi connectivity index (χ2v) is 7.65. The molecule has 1 aliphatic rings. The van der Waals surface area contributed by atoms with Crippen LogP contribution in [-0.2, 0) is 18.2 Å². The molecule has 0 N–H and O–H groups in total. The van der Waals surface area contributed by atoms with Gasteiger partial charge in [-0.3, -0.25) is 0 Å². The van der Waals surface area contributed by atoms with Gasteiger partial charge in [0.05, 0.1) is 0 Å². The topological polar surface area (TPSA) is 6.48 Å². The molecule has 2 aromatic carbocycles. The average Bonchev–Trinajstić information content (AvgIpc) is 3.11. The molecule has 3 rings (SSSR count). The van der Waals surface area contributed by atoms with Gasteiger partial charge in [-0.15, -0.1) is 0 Å². The fourth-order valence-corrected chi connectivity index (χ4v) is 4.70. The van der Waals surface area contributed by atoms with E-state index in [0.29, 0.717) is 0 Å². The van der Waals surface area contributed by atoms with Gasteiger partial charge in [0.2, 0.25) is 6.67 Å². The molecule has 26 heavy (non-hydrogen) atoms. The Morgan fingerprint density at radius 2 is 1.42 bits per heavy atom. The summed E-state index contributed by atoms with van der Waals surface area (Å²) in [7, 11) is 6.18. The molecule has 0 bridgehead atoms. The Hall–Kier alpha value is -0.838. The summed E-state index contributed by atoms with van der Waals surface area (Å²) < 4.78 is 0. The van der Waals surface area contributed by atoms with Crippen LogP contribution in [0.25, 0.3) is 0 Å². The second-order valence-electron chi connectivity index (χ2n) is 5.31. The van der Waals surface area contributed by atoms with Crippen molar-refractivity contribution in [3.8, 4) is 0 Å². The zero-order valence-electron chi connectivity index (χ0n) is 14.9. The minimum absolute atomic E-state index is 0.315. The molecule has 0 aliphatic carbocycles. The molecule has 0 saturated carbocycles. The van der Waals surface area contributed by atoms with E-state index in [4.69, 9.17) is 0 Å². The molecule has 2 aromatic rings. The summed E-state index contributed by atoms with van der Waals surface area (Å²) in [6.07, 6.45) is 6.76. The molecule has 0 amide bonds. The van der Waals surface area contributed by atoms with Crippen molar-refractivity contribution in [1.82, 2.24) is 9.80 Å². The molecule has 5 radical (unpaired) electrons. The standard InChI is InChI=1S/C18H19N2P.C3H5.ClH.Pd/c1-19-12-13-20(16-19)14-15-21(17-8-4-2-5-9-17)18-10-6-3-7-11-18;1-3-2;;/h2-13H,14-15H2,1H3;3H,1-2H2;1H;/q;;;+2/p-1. The molecule has 5 heteroatoms. The van der Waals surface area contributed by atoms with Crippen molar-refractivity contribution in [1.29, 1.82) is 0 Å². The zero-order valence-corrected chi connectivity index (χ0v) is 18.1. The number of rotatable bonds is 5. The summed E-state index contributed by atoms with van der Waals surface area (Å²) in [5.74, 6) is 0. The first kappa shape index (κ1) is 23.2. The van der Waals surface area contributed by atoms with Gasteiger partial charge in [0, 0.05) is 26.0 Å². The first-order valence-electron chi connectivity index (χ1n) is 8.08. The van der Waals surface area contributed by atoms with E-state index in [1.165, 1.54) is 17.0 Å². The quantitative estimate of drug-likeness (QED) is 0.466. The van der Waals surface area contributed by atoms with Crippen molar-refractivity contribution in [3.63, 3.8) is 0 Å². The Bertz CT molecular complexity index is 570. The Balaban J connectivity index is 0.000000615. The molecule has 2 nitrogen and oxygen atoms in total. The Morgan fingerprint density at radius 1 is 0.962 bits per heavy atom. The summed E-state index contributed by atoms with van der Waals surface area (Å²) in [4.78, 5) is 4.11. The molecule has 0 aromatic heterocycles. The van der Waals surface area contributed by atoms with Crippen LogP contribution in [0.5, 0.6) is 0 Å². The first-order chi connectivity index (χ1) is 12.7. The fourth-order valence-electron chi connectivity index (χ4n) is 2.41. The average molecular weight is 477 g/mol. The first-order valence-corrected chi connectivity index (χ1v) is 11.6. The molecule has 0 atom stereocenters. The molecule has 0 fully saturated rings. The number of hydrogen-bond donors (Lipinski definition) is 0. The molecule has 0 saturated heterocycles. The molecule has 1 heterocycles. The number of halogens is 1. The predicted molar refractivity (Wildman–Crippen MR) is 112 cm³/mol. The van der Waals surface area contributed by atoms with Gasteiger partial charge in [-0.25, -0.2) is 0 Å². The normalized spacial score (nSPS) is 12.4. The van der Waals surface area contributed by atoms with E-state index >= 15 is 0 Å². The van der Waals surface area contributed by atoms with E-state index in [9.17, 15) is 0 Å². The van der Waals surface area contributed by atoms with Crippen LogP contribution in [0, 0.1) is 26.9 Å². The predicted octanol–water partition coefficient (Wildman–Crippen LogP) is 4.38. The van der Waals surface area contributed by atoms with E-state index in [-0.39, 0.29) is 7.92 Å². The van der Waals surface area contributed by atoms with Crippen LogP contribution in [0.4, 0.5) is 0 Å². The zero-order chi connectivity index (χ0) is 19.2. The molecule has 0 unspecified atom stereocenters. The molecular weight excluding hydrogens is 453 g/mol. The van der Waals surface area contributed by atoms with Crippen LogP contribution in [0.1, 0.15) is 0 Å². The summed E-state index contributed by atoms with van der Waals surface area (Å²) >= 11 is 2.22. The van der Waals surface area contributed by atoms with E-state index in [0.717, 1.165) is 12.7 Å². The summed E-state index contributed by atoms with van der Waals surface area (Å²) in [5.41, 5.74) is 0. The van der Waals surface area contributed by atoms with Crippen LogP contribution in [0.15, 0.2) is 73.1 Å². The Labute approximate surface area is 175 Å². The van der Waals surface area contributed by atoms with Crippen molar-refractivity contribution in [2.75, 3.05) is 19.8 Å². The van der Waals surface area contributed by atoms with E-state index in [2.05, 4.69) is 120 Å². The van der Waals surface area contributed by atoms with Gasteiger partial charge in [0.25, 0.3) is 0 Å². The summed E-state index contributed by atoms with van der Waals surface area (Å²) in [6.45, 7) is 10.8.